The van der Waals surface area contributed by atoms with Gasteiger partial charge in [-0.25, -0.2) is 4.79 Å². The molecule has 0 aromatic heterocycles. The summed E-state index contributed by atoms with van der Waals surface area (Å²) in [5, 5.41) is 10.9. The lowest BCUT2D eigenvalue weighted by Gasteiger charge is -2.29. The zero-order chi connectivity index (χ0) is 19.4. The Kier molecular flexibility index (Phi) is 6.00. The van der Waals surface area contributed by atoms with Crippen LogP contribution in [0.15, 0.2) is 42.5 Å². The maximum Gasteiger partial charge on any atom is 0.343 e. The maximum atomic E-state index is 12.3. The molecule has 7 nitrogen and oxygen atoms in total. The molecule has 0 unspecified atom stereocenters. The summed E-state index contributed by atoms with van der Waals surface area (Å²) in [7, 11) is 0. The van der Waals surface area contributed by atoms with Gasteiger partial charge in [0.05, 0.1) is 23.7 Å². The Labute approximate surface area is 165 Å². The predicted octanol–water partition coefficient (Wildman–Crippen LogP) is 3.48. The maximum absolute atomic E-state index is 12.3. The number of thiocarbonyl (C=S) groups is 1. The van der Waals surface area contributed by atoms with Crippen molar-refractivity contribution in [2.45, 2.75) is 0 Å². The van der Waals surface area contributed by atoms with E-state index in [-0.39, 0.29) is 16.3 Å². The van der Waals surface area contributed by atoms with Gasteiger partial charge in [-0.1, -0.05) is 36.0 Å². The molecular weight excluding hydrogens is 392 g/mol. The number of carbonyl (C=O) groups is 1. The third-order valence-corrected chi connectivity index (χ3v) is 4.78. The minimum atomic E-state index is -0.718. The number of nitro groups is 1. The van der Waals surface area contributed by atoms with Crippen LogP contribution in [-0.2, 0) is 4.74 Å². The number of nitro benzene ring substituents is 1. The molecule has 1 fully saturated rings. The molecule has 0 radical (unpaired) electrons. The van der Waals surface area contributed by atoms with Crippen molar-refractivity contribution in [1.29, 1.82) is 0 Å². The normalized spacial score (nSPS) is 13.9. The molecule has 2 aromatic rings. The van der Waals surface area contributed by atoms with Crippen molar-refractivity contribution < 1.29 is 19.2 Å². The first-order chi connectivity index (χ1) is 13.0. The van der Waals surface area contributed by atoms with E-state index >= 15 is 0 Å². The molecule has 1 heterocycles. The van der Waals surface area contributed by atoms with Crippen LogP contribution in [0.5, 0.6) is 5.75 Å². The van der Waals surface area contributed by atoms with Crippen LogP contribution in [0, 0.1) is 10.1 Å². The van der Waals surface area contributed by atoms with Gasteiger partial charge in [-0.2, -0.15) is 0 Å². The SMILES string of the molecule is O=C(Oc1cccc(C(=S)N2CCOCC2)c1)c1ccc(Cl)c([N+](=O)[O-])c1. The fraction of sp³-hybridized carbons (Fsp3) is 0.222. The quantitative estimate of drug-likeness (QED) is 0.253. The Hall–Kier alpha value is -2.55. The number of esters is 1. The average Bonchev–Trinajstić information content (AvgIpc) is 2.68. The molecule has 140 valence electrons. The van der Waals surface area contributed by atoms with Crippen molar-refractivity contribution in [3.05, 3.63) is 68.7 Å². The average molecular weight is 407 g/mol. The molecule has 0 amide bonds. The second kappa shape index (κ2) is 8.43. The first-order valence-corrected chi connectivity index (χ1v) is 8.87. The van der Waals surface area contributed by atoms with Crippen molar-refractivity contribution in [2.24, 2.45) is 0 Å². The summed E-state index contributed by atoms with van der Waals surface area (Å²) in [5.74, 6) is -0.421. The number of rotatable bonds is 4. The summed E-state index contributed by atoms with van der Waals surface area (Å²) < 4.78 is 10.7. The van der Waals surface area contributed by atoms with E-state index in [1.165, 1.54) is 12.1 Å². The van der Waals surface area contributed by atoms with Crippen molar-refractivity contribution in [1.82, 2.24) is 4.90 Å². The van der Waals surface area contributed by atoms with E-state index in [1.54, 1.807) is 18.2 Å². The molecular formula is C18H15ClN2O5S. The number of nitrogens with zero attached hydrogens (tertiary/aromatic N) is 2. The standard InChI is InChI=1S/C18H15ClN2O5S/c19-15-5-4-13(11-16(15)21(23)24)18(22)26-14-3-1-2-12(10-14)17(27)20-6-8-25-9-7-20/h1-5,10-11H,6-9H2. The van der Waals surface area contributed by atoms with Crippen LogP contribution in [-0.4, -0.2) is 47.1 Å². The Morgan fingerprint density at radius 2 is 1.93 bits per heavy atom. The van der Waals surface area contributed by atoms with Gasteiger partial charge in [0.1, 0.15) is 15.8 Å². The zero-order valence-corrected chi connectivity index (χ0v) is 15.7. The Morgan fingerprint density at radius 3 is 2.63 bits per heavy atom. The lowest BCUT2D eigenvalue weighted by atomic mass is 10.2. The van der Waals surface area contributed by atoms with Crippen molar-refractivity contribution in [3.8, 4) is 5.75 Å². The molecule has 1 aliphatic rings. The van der Waals surface area contributed by atoms with Gasteiger partial charge in [0.15, 0.2) is 0 Å². The van der Waals surface area contributed by atoms with Crippen LogP contribution in [0.4, 0.5) is 5.69 Å². The van der Waals surface area contributed by atoms with Crippen LogP contribution in [0.1, 0.15) is 15.9 Å². The molecule has 0 aliphatic carbocycles. The fourth-order valence-corrected chi connectivity index (χ4v) is 3.08. The minimum Gasteiger partial charge on any atom is -0.423 e. The van der Waals surface area contributed by atoms with E-state index < -0.39 is 10.9 Å². The number of ether oxygens (including phenoxy) is 2. The van der Waals surface area contributed by atoms with Crippen LogP contribution < -0.4 is 4.74 Å². The number of morpholine rings is 1. The molecule has 0 atom stereocenters. The van der Waals surface area contributed by atoms with Crippen LogP contribution in [0.2, 0.25) is 5.02 Å². The van der Waals surface area contributed by atoms with Gasteiger partial charge >= 0.3 is 5.97 Å². The van der Waals surface area contributed by atoms with Gasteiger partial charge in [0.2, 0.25) is 0 Å². The van der Waals surface area contributed by atoms with Crippen molar-refractivity contribution in [3.63, 3.8) is 0 Å². The van der Waals surface area contributed by atoms with Gasteiger partial charge in [-0.15, -0.1) is 0 Å². The molecule has 0 saturated carbocycles. The molecule has 2 aromatic carbocycles. The molecule has 3 rings (SSSR count). The Bertz CT molecular complexity index is 899. The highest BCUT2D eigenvalue weighted by molar-refractivity contribution is 7.80. The smallest absolute Gasteiger partial charge is 0.343 e. The lowest BCUT2D eigenvalue weighted by molar-refractivity contribution is -0.384. The largest absolute Gasteiger partial charge is 0.423 e. The summed E-state index contributed by atoms with van der Waals surface area (Å²) in [4.78, 5) is 25.3. The summed E-state index contributed by atoms with van der Waals surface area (Å²) in [6.07, 6.45) is 0. The first kappa shape index (κ1) is 19.2. The Morgan fingerprint density at radius 1 is 1.19 bits per heavy atom. The summed E-state index contributed by atoms with van der Waals surface area (Å²) in [6, 6.07) is 10.6. The third-order valence-electron chi connectivity index (χ3n) is 3.97. The van der Waals surface area contributed by atoms with Crippen molar-refractivity contribution >= 4 is 40.5 Å². The lowest BCUT2D eigenvalue weighted by Crippen LogP contribution is -2.40. The van der Waals surface area contributed by atoms with E-state index in [2.05, 4.69) is 0 Å². The topological polar surface area (TPSA) is 81.9 Å². The monoisotopic (exact) mass is 406 g/mol. The molecule has 27 heavy (non-hydrogen) atoms. The van der Waals surface area contributed by atoms with E-state index in [9.17, 15) is 14.9 Å². The van der Waals surface area contributed by atoms with Gasteiger partial charge in [-0.05, 0) is 24.3 Å². The highest BCUT2D eigenvalue weighted by Gasteiger charge is 2.19. The van der Waals surface area contributed by atoms with Gasteiger partial charge in [-0.3, -0.25) is 10.1 Å². The third kappa shape index (κ3) is 4.60. The minimum absolute atomic E-state index is 0.0345. The highest BCUT2D eigenvalue weighted by atomic mass is 35.5. The van der Waals surface area contributed by atoms with Crippen LogP contribution in [0.25, 0.3) is 0 Å². The number of carbonyl (C=O) groups excluding carboxylic acids is 1. The van der Waals surface area contributed by atoms with Crippen LogP contribution in [0.3, 0.4) is 0 Å². The van der Waals surface area contributed by atoms with Gasteiger partial charge in [0.25, 0.3) is 5.69 Å². The predicted molar refractivity (Wildman–Crippen MR) is 104 cm³/mol. The number of benzene rings is 2. The van der Waals surface area contributed by atoms with Crippen LogP contribution >= 0.6 is 23.8 Å². The number of hydrogen-bond acceptors (Lipinski definition) is 6. The van der Waals surface area contributed by atoms with E-state index in [1.807, 2.05) is 11.0 Å². The van der Waals surface area contributed by atoms with Crippen molar-refractivity contribution in [2.75, 3.05) is 26.3 Å². The number of hydrogen-bond donors (Lipinski definition) is 0. The van der Waals surface area contributed by atoms with Gasteiger partial charge in [0, 0.05) is 24.7 Å². The zero-order valence-electron chi connectivity index (χ0n) is 14.1. The Balaban J connectivity index is 1.76. The van der Waals surface area contributed by atoms with E-state index in [0.29, 0.717) is 37.0 Å². The highest BCUT2D eigenvalue weighted by Crippen LogP contribution is 2.26. The summed E-state index contributed by atoms with van der Waals surface area (Å²) >= 11 is 11.3. The molecule has 1 aliphatic heterocycles. The number of halogens is 1. The second-order valence-electron chi connectivity index (χ2n) is 5.75. The first-order valence-electron chi connectivity index (χ1n) is 8.09. The van der Waals surface area contributed by atoms with Gasteiger partial charge < -0.3 is 14.4 Å². The fourth-order valence-electron chi connectivity index (χ4n) is 2.59. The van der Waals surface area contributed by atoms with E-state index in [0.717, 1.165) is 11.6 Å². The second-order valence-corrected chi connectivity index (χ2v) is 6.54. The summed E-state index contributed by atoms with van der Waals surface area (Å²) in [5.41, 5.74) is 0.430. The molecule has 9 heteroatoms. The summed E-state index contributed by atoms with van der Waals surface area (Å²) in [6.45, 7) is 2.64. The van der Waals surface area contributed by atoms with E-state index in [4.69, 9.17) is 33.3 Å². The molecule has 0 N–H and O–H groups in total. The molecule has 1 saturated heterocycles. The molecule has 0 bridgehead atoms. The molecule has 0 spiro atoms.